The second-order valence-corrected chi connectivity index (χ2v) is 3.54. The molecule has 0 aromatic carbocycles. The monoisotopic (exact) mass is 190 g/mol. The summed E-state index contributed by atoms with van der Waals surface area (Å²) in [5.41, 5.74) is 0.826. The van der Waals surface area contributed by atoms with Crippen molar-refractivity contribution in [3.05, 3.63) is 18.1 Å². The van der Waals surface area contributed by atoms with Crippen LogP contribution in [0.1, 0.15) is 26.0 Å². The summed E-state index contributed by atoms with van der Waals surface area (Å²) in [6, 6.07) is 0. The van der Waals surface area contributed by atoms with Crippen molar-refractivity contribution in [2.75, 3.05) is 5.32 Å². The zero-order valence-electron chi connectivity index (χ0n) is 8.44. The van der Waals surface area contributed by atoms with Crippen LogP contribution >= 0.6 is 0 Å². The van der Waals surface area contributed by atoms with Crippen molar-refractivity contribution in [1.82, 2.24) is 9.97 Å². The average molecular weight is 190 g/mol. The van der Waals surface area contributed by atoms with Crippen molar-refractivity contribution in [2.45, 2.75) is 26.4 Å². The summed E-state index contributed by atoms with van der Waals surface area (Å²) >= 11 is 0. The van der Waals surface area contributed by atoms with Crippen LogP contribution in [0.25, 0.3) is 0 Å². The molecule has 1 aromatic heterocycles. The molecule has 0 radical (unpaired) electrons. The maximum Gasteiger partial charge on any atom is 0.155 e. The van der Waals surface area contributed by atoms with Crippen molar-refractivity contribution >= 4 is 12.0 Å². The summed E-state index contributed by atoms with van der Waals surface area (Å²) in [5, 5.41) is 3.28. The summed E-state index contributed by atoms with van der Waals surface area (Å²) in [6.07, 6.45) is 6.42. The van der Waals surface area contributed by atoms with Gasteiger partial charge < -0.3 is 5.32 Å². The molecule has 2 heterocycles. The SMILES string of the molecule is CCC(C)C1N=Cc2nccnc2N1. The Hall–Kier alpha value is -1.45. The third-order valence-corrected chi connectivity index (χ3v) is 2.55. The van der Waals surface area contributed by atoms with E-state index in [0.29, 0.717) is 5.92 Å². The molecule has 0 saturated carbocycles. The quantitative estimate of drug-likeness (QED) is 0.772. The second-order valence-electron chi connectivity index (χ2n) is 3.54. The highest BCUT2D eigenvalue weighted by Crippen LogP contribution is 2.19. The minimum absolute atomic E-state index is 0.143. The first-order chi connectivity index (χ1) is 6.81. The topological polar surface area (TPSA) is 50.2 Å². The molecule has 0 spiro atoms. The third kappa shape index (κ3) is 1.60. The third-order valence-electron chi connectivity index (χ3n) is 2.55. The largest absolute Gasteiger partial charge is 0.346 e. The van der Waals surface area contributed by atoms with Gasteiger partial charge in [-0.2, -0.15) is 0 Å². The van der Waals surface area contributed by atoms with Gasteiger partial charge in [0.1, 0.15) is 11.9 Å². The molecular formula is C10H14N4. The van der Waals surface area contributed by atoms with Crippen LogP contribution < -0.4 is 5.32 Å². The Morgan fingerprint density at radius 1 is 1.43 bits per heavy atom. The number of hydrogen-bond donors (Lipinski definition) is 1. The Kier molecular flexibility index (Phi) is 2.43. The van der Waals surface area contributed by atoms with Gasteiger partial charge in [-0.15, -0.1) is 0 Å². The van der Waals surface area contributed by atoms with Crippen LogP contribution in [0.2, 0.25) is 0 Å². The normalized spacial score (nSPS) is 21.1. The van der Waals surface area contributed by atoms with Crippen molar-refractivity contribution in [3.63, 3.8) is 0 Å². The minimum atomic E-state index is 0.143. The lowest BCUT2D eigenvalue weighted by molar-refractivity contribution is 0.479. The number of fused-ring (bicyclic) bond motifs is 1. The lowest BCUT2D eigenvalue weighted by atomic mass is 10.1. The number of hydrogen-bond acceptors (Lipinski definition) is 4. The molecule has 14 heavy (non-hydrogen) atoms. The first-order valence-electron chi connectivity index (χ1n) is 4.92. The van der Waals surface area contributed by atoms with Crippen LogP contribution in [0.15, 0.2) is 17.4 Å². The van der Waals surface area contributed by atoms with E-state index in [1.54, 1.807) is 18.6 Å². The van der Waals surface area contributed by atoms with Gasteiger partial charge in [0, 0.05) is 12.4 Å². The Morgan fingerprint density at radius 3 is 3.00 bits per heavy atom. The van der Waals surface area contributed by atoms with Crippen molar-refractivity contribution in [3.8, 4) is 0 Å². The molecule has 0 aliphatic carbocycles. The molecule has 2 rings (SSSR count). The van der Waals surface area contributed by atoms with E-state index in [-0.39, 0.29) is 6.17 Å². The van der Waals surface area contributed by atoms with E-state index in [1.807, 2.05) is 0 Å². The number of anilines is 1. The van der Waals surface area contributed by atoms with E-state index < -0.39 is 0 Å². The van der Waals surface area contributed by atoms with Gasteiger partial charge in [-0.1, -0.05) is 13.8 Å². The molecule has 4 heteroatoms. The van der Waals surface area contributed by atoms with E-state index >= 15 is 0 Å². The van der Waals surface area contributed by atoms with E-state index in [0.717, 1.165) is 17.9 Å². The minimum Gasteiger partial charge on any atom is -0.346 e. The van der Waals surface area contributed by atoms with Crippen LogP contribution in [-0.2, 0) is 0 Å². The summed E-state index contributed by atoms with van der Waals surface area (Å²) in [7, 11) is 0. The molecule has 0 fully saturated rings. The predicted octanol–water partition coefficient (Wildman–Crippen LogP) is 1.69. The van der Waals surface area contributed by atoms with Gasteiger partial charge in [-0.3, -0.25) is 4.99 Å². The maximum absolute atomic E-state index is 4.40. The fourth-order valence-electron chi connectivity index (χ4n) is 1.40. The zero-order chi connectivity index (χ0) is 9.97. The van der Waals surface area contributed by atoms with Gasteiger partial charge >= 0.3 is 0 Å². The van der Waals surface area contributed by atoms with Gasteiger partial charge in [0.2, 0.25) is 0 Å². The summed E-state index contributed by atoms with van der Waals surface area (Å²) in [6.45, 7) is 4.34. The molecule has 0 amide bonds. The highest BCUT2D eigenvalue weighted by molar-refractivity contribution is 5.85. The standard InChI is InChI=1S/C10H14N4/c1-3-7(2)9-13-6-8-10(14-9)12-5-4-11-8/h4-7,9H,3H2,1-2H3,(H,12,14). The molecule has 74 valence electrons. The fourth-order valence-corrected chi connectivity index (χ4v) is 1.40. The first kappa shape index (κ1) is 9.12. The van der Waals surface area contributed by atoms with E-state index in [2.05, 4.69) is 34.1 Å². The fraction of sp³-hybridized carbons (Fsp3) is 0.500. The predicted molar refractivity (Wildman–Crippen MR) is 56.5 cm³/mol. The van der Waals surface area contributed by atoms with E-state index in [1.165, 1.54) is 0 Å². The Balaban J connectivity index is 2.21. The lowest BCUT2D eigenvalue weighted by Crippen LogP contribution is -2.29. The number of nitrogens with one attached hydrogen (secondary N) is 1. The van der Waals surface area contributed by atoms with Crippen LogP contribution in [0.4, 0.5) is 5.82 Å². The molecule has 2 unspecified atom stereocenters. The summed E-state index contributed by atoms with van der Waals surface area (Å²) in [4.78, 5) is 12.8. The van der Waals surface area contributed by atoms with Gasteiger partial charge in [0.15, 0.2) is 5.82 Å². The Bertz CT molecular complexity index is 348. The van der Waals surface area contributed by atoms with E-state index in [4.69, 9.17) is 0 Å². The van der Waals surface area contributed by atoms with Crippen molar-refractivity contribution in [1.29, 1.82) is 0 Å². The van der Waals surface area contributed by atoms with Gasteiger partial charge in [-0.25, -0.2) is 9.97 Å². The van der Waals surface area contributed by atoms with Crippen LogP contribution in [0.5, 0.6) is 0 Å². The number of aliphatic imine (C=N–C) groups is 1. The molecule has 0 saturated heterocycles. The smallest absolute Gasteiger partial charge is 0.155 e. The van der Waals surface area contributed by atoms with E-state index in [9.17, 15) is 0 Å². The number of rotatable bonds is 2. The summed E-state index contributed by atoms with van der Waals surface area (Å²) in [5.74, 6) is 1.36. The van der Waals surface area contributed by atoms with Gasteiger partial charge in [-0.05, 0) is 12.3 Å². The number of nitrogens with zero attached hydrogens (tertiary/aromatic N) is 3. The van der Waals surface area contributed by atoms with Crippen molar-refractivity contribution < 1.29 is 0 Å². The van der Waals surface area contributed by atoms with Crippen LogP contribution in [0.3, 0.4) is 0 Å². The maximum atomic E-state index is 4.40. The summed E-state index contributed by atoms with van der Waals surface area (Å²) < 4.78 is 0. The second kappa shape index (κ2) is 3.74. The Labute approximate surface area is 83.5 Å². The lowest BCUT2D eigenvalue weighted by Gasteiger charge is -2.24. The molecule has 4 nitrogen and oxygen atoms in total. The molecule has 1 aliphatic rings. The first-order valence-corrected chi connectivity index (χ1v) is 4.92. The molecule has 1 aromatic rings. The van der Waals surface area contributed by atoms with Crippen LogP contribution in [0, 0.1) is 5.92 Å². The van der Waals surface area contributed by atoms with Crippen molar-refractivity contribution in [2.24, 2.45) is 10.9 Å². The number of aromatic nitrogens is 2. The highest BCUT2D eigenvalue weighted by Gasteiger charge is 2.19. The molecule has 1 N–H and O–H groups in total. The Morgan fingerprint density at radius 2 is 2.21 bits per heavy atom. The van der Waals surface area contributed by atoms with Gasteiger partial charge in [0.25, 0.3) is 0 Å². The molecule has 1 aliphatic heterocycles. The zero-order valence-corrected chi connectivity index (χ0v) is 8.44. The molecular weight excluding hydrogens is 176 g/mol. The van der Waals surface area contributed by atoms with Crippen LogP contribution in [-0.4, -0.2) is 22.3 Å². The molecule has 0 bridgehead atoms. The highest BCUT2D eigenvalue weighted by atomic mass is 15.2. The van der Waals surface area contributed by atoms with Gasteiger partial charge in [0.05, 0.1) is 6.21 Å². The molecule has 2 atom stereocenters. The average Bonchev–Trinajstić information content (AvgIpc) is 2.27.